The largest absolute Gasteiger partial charge is 0.356 e. The van der Waals surface area contributed by atoms with Crippen molar-refractivity contribution >= 4 is 5.91 Å². The molecule has 33 heavy (non-hydrogen) atoms. The molecule has 1 unspecified atom stereocenters. The molecule has 0 radical (unpaired) electrons. The van der Waals surface area contributed by atoms with E-state index in [1.54, 1.807) is 18.6 Å². The quantitative estimate of drug-likeness (QED) is 0.453. The Morgan fingerprint density at radius 1 is 1.12 bits per heavy atom. The fraction of sp³-hybridized carbons (Fsp3) is 0.269. The van der Waals surface area contributed by atoms with Gasteiger partial charge >= 0.3 is 0 Å². The maximum absolute atomic E-state index is 13.3. The van der Waals surface area contributed by atoms with Crippen LogP contribution < -0.4 is 0 Å². The standard InChI is InChI=1S/C26H25N5O2/c1-17-6-3-4-8-21(17)26(32)31-13-5-7-20(16-31)24-22(23-14-18(2)30-33-23)15-28-25(29-24)19-9-11-27-12-10-19/h3-4,6,8-12,14-15,20H,5,7,13,16H2,1-2H3. The Bertz CT molecular complexity index is 1280. The van der Waals surface area contributed by atoms with E-state index in [4.69, 9.17) is 9.51 Å². The molecule has 1 aliphatic heterocycles. The molecule has 4 heterocycles. The number of aryl methyl sites for hydroxylation is 2. The lowest BCUT2D eigenvalue weighted by Crippen LogP contribution is -2.39. The van der Waals surface area contributed by atoms with E-state index in [9.17, 15) is 4.79 Å². The van der Waals surface area contributed by atoms with Gasteiger partial charge in [0.25, 0.3) is 5.91 Å². The number of amides is 1. The Kier molecular flexibility index (Phi) is 5.69. The summed E-state index contributed by atoms with van der Waals surface area (Å²) in [6.45, 7) is 5.20. The van der Waals surface area contributed by atoms with Gasteiger partial charge in [0.15, 0.2) is 11.6 Å². The highest BCUT2D eigenvalue weighted by Crippen LogP contribution is 2.35. The van der Waals surface area contributed by atoms with Gasteiger partial charge in [-0.2, -0.15) is 0 Å². The summed E-state index contributed by atoms with van der Waals surface area (Å²) < 4.78 is 5.57. The maximum atomic E-state index is 13.3. The van der Waals surface area contributed by atoms with Crippen LogP contribution in [0.4, 0.5) is 0 Å². The number of rotatable bonds is 4. The van der Waals surface area contributed by atoms with Crippen molar-refractivity contribution in [3.8, 4) is 22.7 Å². The Hall–Kier alpha value is -3.87. The minimum Gasteiger partial charge on any atom is -0.356 e. The molecule has 1 amide bonds. The molecule has 1 aliphatic rings. The van der Waals surface area contributed by atoms with Gasteiger partial charge in [0.2, 0.25) is 0 Å². The zero-order chi connectivity index (χ0) is 22.8. The number of hydrogen-bond donors (Lipinski definition) is 0. The van der Waals surface area contributed by atoms with Gasteiger partial charge in [-0.3, -0.25) is 9.78 Å². The first-order valence-electron chi connectivity index (χ1n) is 11.2. The van der Waals surface area contributed by atoms with Crippen molar-refractivity contribution < 1.29 is 9.32 Å². The Morgan fingerprint density at radius 3 is 2.70 bits per heavy atom. The second-order valence-electron chi connectivity index (χ2n) is 8.47. The van der Waals surface area contributed by atoms with Gasteiger partial charge in [-0.05, 0) is 50.5 Å². The van der Waals surface area contributed by atoms with Gasteiger partial charge in [0, 0.05) is 54.8 Å². The first-order chi connectivity index (χ1) is 16.1. The molecule has 0 aliphatic carbocycles. The average molecular weight is 440 g/mol. The number of nitrogens with zero attached hydrogens (tertiary/aromatic N) is 5. The van der Waals surface area contributed by atoms with Crippen LogP contribution in [0, 0.1) is 13.8 Å². The van der Waals surface area contributed by atoms with Gasteiger partial charge in [0.05, 0.1) is 17.0 Å². The average Bonchev–Trinajstić information content (AvgIpc) is 3.30. The summed E-state index contributed by atoms with van der Waals surface area (Å²) in [7, 11) is 0. The molecular weight excluding hydrogens is 414 g/mol. The molecule has 1 atom stereocenters. The van der Waals surface area contributed by atoms with E-state index < -0.39 is 0 Å². The molecule has 1 aromatic carbocycles. The van der Waals surface area contributed by atoms with Crippen molar-refractivity contribution in [1.82, 2.24) is 25.0 Å². The van der Waals surface area contributed by atoms with Crippen LogP contribution in [-0.2, 0) is 0 Å². The third-order valence-corrected chi connectivity index (χ3v) is 6.12. The third-order valence-electron chi connectivity index (χ3n) is 6.12. The van der Waals surface area contributed by atoms with Crippen molar-refractivity contribution in [3.05, 3.63) is 83.6 Å². The van der Waals surface area contributed by atoms with Crippen molar-refractivity contribution in [2.75, 3.05) is 13.1 Å². The molecule has 0 spiro atoms. The number of piperidine rings is 1. The first-order valence-corrected chi connectivity index (χ1v) is 11.2. The topological polar surface area (TPSA) is 85.0 Å². The number of aromatic nitrogens is 4. The number of likely N-dealkylation sites (tertiary alicyclic amines) is 1. The molecule has 5 rings (SSSR count). The molecule has 1 saturated heterocycles. The Morgan fingerprint density at radius 2 is 1.94 bits per heavy atom. The first kappa shape index (κ1) is 21.0. The van der Waals surface area contributed by atoms with Gasteiger partial charge in [0.1, 0.15) is 0 Å². The summed E-state index contributed by atoms with van der Waals surface area (Å²) in [6.07, 6.45) is 7.11. The van der Waals surface area contributed by atoms with Crippen LogP contribution in [0.1, 0.15) is 46.1 Å². The number of carbonyl (C=O) groups is 1. The molecule has 1 fully saturated rings. The molecule has 4 aromatic rings. The lowest BCUT2D eigenvalue weighted by Gasteiger charge is -2.33. The molecule has 0 N–H and O–H groups in total. The van der Waals surface area contributed by atoms with E-state index in [1.165, 1.54) is 0 Å². The monoisotopic (exact) mass is 439 g/mol. The van der Waals surface area contributed by atoms with Crippen molar-refractivity contribution in [1.29, 1.82) is 0 Å². The molecule has 0 saturated carbocycles. The van der Waals surface area contributed by atoms with Crippen molar-refractivity contribution in [3.63, 3.8) is 0 Å². The number of pyridine rings is 1. The summed E-state index contributed by atoms with van der Waals surface area (Å²) in [4.78, 5) is 28.9. The maximum Gasteiger partial charge on any atom is 0.254 e. The summed E-state index contributed by atoms with van der Waals surface area (Å²) in [5, 5.41) is 4.05. The van der Waals surface area contributed by atoms with Crippen LogP contribution in [-0.4, -0.2) is 44.0 Å². The van der Waals surface area contributed by atoms with Crippen molar-refractivity contribution in [2.24, 2.45) is 0 Å². The minimum absolute atomic E-state index is 0.0655. The summed E-state index contributed by atoms with van der Waals surface area (Å²) >= 11 is 0. The van der Waals surface area contributed by atoms with E-state index in [1.807, 2.05) is 61.2 Å². The predicted octanol–water partition coefficient (Wildman–Crippen LogP) is 4.83. The SMILES string of the molecule is Cc1cc(-c2cnc(-c3ccncc3)nc2C2CCCN(C(=O)c3ccccc3C)C2)on1. The minimum atomic E-state index is 0.0655. The molecule has 3 aromatic heterocycles. The summed E-state index contributed by atoms with van der Waals surface area (Å²) in [5.41, 5.74) is 5.15. The highest BCUT2D eigenvalue weighted by molar-refractivity contribution is 5.95. The molecule has 7 nitrogen and oxygen atoms in total. The smallest absolute Gasteiger partial charge is 0.254 e. The Labute approximate surface area is 192 Å². The van der Waals surface area contributed by atoms with Gasteiger partial charge in [-0.15, -0.1) is 0 Å². The molecule has 7 heteroatoms. The van der Waals surface area contributed by atoms with E-state index in [-0.39, 0.29) is 11.8 Å². The zero-order valence-electron chi connectivity index (χ0n) is 18.7. The van der Waals surface area contributed by atoms with E-state index in [2.05, 4.69) is 15.1 Å². The summed E-state index contributed by atoms with van der Waals surface area (Å²) in [5.74, 6) is 1.41. The van der Waals surface area contributed by atoms with Crippen LogP contribution in [0.15, 0.2) is 65.6 Å². The van der Waals surface area contributed by atoms with E-state index >= 15 is 0 Å². The predicted molar refractivity (Wildman–Crippen MR) is 125 cm³/mol. The highest BCUT2D eigenvalue weighted by atomic mass is 16.5. The van der Waals surface area contributed by atoms with Crippen LogP contribution in [0.2, 0.25) is 0 Å². The molecular formula is C26H25N5O2. The van der Waals surface area contributed by atoms with Crippen LogP contribution in [0.3, 0.4) is 0 Å². The van der Waals surface area contributed by atoms with Crippen LogP contribution in [0.25, 0.3) is 22.7 Å². The highest BCUT2D eigenvalue weighted by Gasteiger charge is 2.30. The second kappa shape index (κ2) is 8.94. The fourth-order valence-corrected chi connectivity index (χ4v) is 4.39. The van der Waals surface area contributed by atoms with Gasteiger partial charge in [-0.1, -0.05) is 23.4 Å². The zero-order valence-corrected chi connectivity index (χ0v) is 18.7. The Balaban J connectivity index is 1.52. The van der Waals surface area contributed by atoms with Crippen molar-refractivity contribution in [2.45, 2.75) is 32.6 Å². The lowest BCUT2D eigenvalue weighted by molar-refractivity contribution is 0.0705. The molecule has 166 valence electrons. The van der Waals surface area contributed by atoms with Crippen LogP contribution >= 0.6 is 0 Å². The molecule has 0 bridgehead atoms. The normalized spacial score (nSPS) is 16.1. The second-order valence-corrected chi connectivity index (χ2v) is 8.47. The number of benzene rings is 1. The number of hydrogen-bond acceptors (Lipinski definition) is 6. The third kappa shape index (κ3) is 4.26. The van der Waals surface area contributed by atoms with E-state index in [0.29, 0.717) is 18.1 Å². The lowest BCUT2D eigenvalue weighted by atomic mass is 9.90. The van der Waals surface area contributed by atoms with E-state index in [0.717, 1.165) is 53.0 Å². The fourth-order valence-electron chi connectivity index (χ4n) is 4.39. The number of carbonyl (C=O) groups excluding carboxylic acids is 1. The van der Waals surface area contributed by atoms with Gasteiger partial charge < -0.3 is 9.42 Å². The summed E-state index contributed by atoms with van der Waals surface area (Å²) in [6, 6.07) is 13.4. The van der Waals surface area contributed by atoms with Gasteiger partial charge in [-0.25, -0.2) is 9.97 Å². The van der Waals surface area contributed by atoms with Crippen LogP contribution in [0.5, 0.6) is 0 Å².